The van der Waals surface area contributed by atoms with Gasteiger partial charge in [-0.1, -0.05) is 6.07 Å². The summed E-state index contributed by atoms with van der Waals surface area (Å²) in [5.41, 5.74) is 1.38. The van der Waals surface area contributed by atoms with E-state index in [0.29, 0.717) is 6.54 Å². The molecule has 2 rings (SSSR count). The molecular formula is C17H21F3N4O. The Balaban J connectivity index is 1.94. The first-order valence-corrected chi connectivity index (χ1v) is 7.87. The van der Waals surface area contributed by atoms with Crippen molar-refractivity contribution in [1.82, 2.24) is 14.7 Å². The molecule has 0 bridgehead atoms. The first-order valence-electron chi connectivity index (χ1n) is 7.87. The molecular weight excluding hydrogens is 333 g/mol. The number of anilines is 1. The van der Waals surface area contributed by atoms with Gasteiger partial charge in [0.15, 0.2) is 0 Å². The third-order valence-corrected chi connectivity index (χ3v) is 3.83. The average molecular weight is 354 g/mol. The number of carbonyl (C=O) groups excluding carboxylic acids is 1. The number of hydrogen-bond acceptors (Lipinski definition) is 3. The van der Waals surface area contributed by atoms with Gasteiger partial charge in [-0.3, -0.25) is 14.4 Å². The lowest BCUT2D eigenvalue weighted by Crippen LogP contribution is -2.30. The van der Waals surface area contributed by atoms with Crippen LogP contribution >= 0.6 is 0 Å². The summed E-state index contributed by atoms with van der Waals surface area (Å²) in [4.78, 5) is 13.9. The zero-order valence-corrected chi connectivity index (χ0v) is 14.4. The van der Waals surface area contributed by atoms with Crippen LogP contribution in [0.3, 0.4) is 0 Å². The molecule has 2 aromatic rings. The summed E-state index contributed by atoms with van der Waals surface area (Å²) < 4.78 is 40.0. The maximum absolute atomic E-state index is 12.7. The van der Waals surface area contributed by atoms with Crippen molar-refractivity contribution in [3.63, 3.8) is 0 Å². The molecule has 1 amide bonds. The number of rotatable bonds is 6. The minimum Gasteiger partial charge on any atom is -0.325 e. The van der Waals surface area contributed by atoms with Crippen molar-refractivity contribution in [3.05, 3.63) is 47.3 Å². The van der Waals surface area contributed by atoms with Gasteiger partial charge in [0.1, 0.15) is 0 Å². The highest BCUT2D eigenvalue weighted by Gasteiger charge is 2.30. The summed E-state index contributed by atoms with van der Waals surface area (Å²) in [5, 5.41) is 6.75. The van der Waals surface area contributed by atoms with Crippen molar-refractivity contribution in [2.75, 3.05) is 18.9 Å². The van der Waals surface area contributed by atoms with Gasteiger partial charge >= 0.3 is 6.18 Å². The number of amides is 1. The minimum absolute atomic E-state index is 0.0625. The minimum atomic E-state index is -4.44. The second kappa shape index (κ2) is 7.69. The molecule has 0 aliphatic heterocycles. The molecule has 1 aromatic heterocycles. The summed E-state index contributed by atoms with van der Waals surface area (Å²) in [7, 11) is 1.77. The molecule has 0 saturated heterocycles. The van der Waals surface area contributed by atoms with E-state index in [9.17, 15) is 18.0 Å². The maximum Gasteiger partial charge on any atom is 0.416 e. The van der Waals surface area contributed by atoms with Gasteiger partial charge in [-0.2, -0.15) is 18.3 Å². The van der Waals surface area contributed by atoms with Gasteiger partial charge in [-0.15, -0.1) is 0 Å². The highest BCUT2D eigenvalue weighted by molar-refractivity contribution is 5.92. The predicted molar refractivity (Wildman–Crippen MR) is 89.0 cm³/mol. The van der Waals surface area contributed by atoms with Gasteiger partial charge in [-0.25, -0.2) is 0 Å². The second-order valence-electron chi connectivity index (χ2n) is 5.87. The highest BCUT2D eigenvalue weighted by Crippen LogP contribution is 2.30. The van der Waals surface area contributed by atoms with E-state index >= 15 is 0 Å². The van der Waals surface area contributed by atoms with E-state index in [1.807, 2.05) is 18.5 Å². The van der Waals surface area contributed by atoms with Crippen LogP contribution in [0.1, 0.15) is 23.7 Å². The molecule has 136 valence electrons. The highest BCUT2D eigenvalue weighted by atomic mass is 19.4. The third-order valence-electron chi connectivity index (χ3n) is 3.83. The predicted octanol–water partition coefficient (Wildman–Crippen LogP) is 3.30. The quantitative estimate of drug-likeness (QED) is 0.866. The van der Waals surface area contributed by atoms with Gasteiger partial charge in [0.25, 0.3) is 0 Å². The molecule has 0 unspecified atom stereocenters. The van der Waals surface area contributed by atoms with Crippen molar-refractivity contribution >= 4 is 11.6 Å². The van der Waals surface area contributed by atoms with Crippen LogP contribution < -0.4 is 5.32 Å². The number of aromatic nitrogens is 2. The van der Waals surface area contributed by atoms with Crippen molar-refractivity contribution in [2.45, 2.75) is 33.1 Å². The van der Waals surface area contributed by atoms with E-state index in [1.54, 1.807) is 18.1 Å². The van der Waals surface area contributed by atoms with E-state index < -0.39 is 11.7 Å². The van der Waals surface area contributed by atoms with Crippen LogP contribution in [-0.2, 0) is 24.1 Å². The standard InChI is InChI=1S/C17H21F3N4O/c1-4-24-12(2)13(9-21-24)10-23(3)11-16(25)22-15-7-5-6-14(8-15)17(18,19)20/h5-9H,4,10-11H2,1-3H3,(H,22,25). The molecule has 1 N–H and O–H groups in total. The molecule has 0 radical (unpaired) electrons. The van der Waals surface area contributed by atoms with Gasteiger partial charge < -0.3 is 5.32 Å². The Morgan fingerprint density at radius 2 is 2.08 bits per heavy atom. The van der Waals surface area contributed by atoms with Crippen LogP contribution in [0.4, 0.5) is 18.9 Å². The van der Waals surface area contributed by atoms with Crippen molar-refractivity contribution in [3.8, 4) is 0 Å². The number of halogens is 3. The molecule has 0 spiro atoms. The van der Waals surface area contributed by atoms with E-state index in [-0.39, 0.29) is 18.1 Å². The zero-order chi connectivity index (χ0) is 18.6. The Bertz CT molecular complexity index is 740. The maximum atomic E-state index is 12.7. The summed E-state index contributed by atoms with van der Waals surface area (Å²) in [5.74, 6) is -0.373. The van der Waals surface area contributed by atoms with E-state index in [1.165, 1.54) is 12.1 Å². The normalized spacial score (nSPS) is 11.8. The lowest BCUT2D eigenvalue weighted by molar-refractivity contribution is -0.137. The lowest BCUT2D eigenvalue weighted by Gasteiger charge is -2.16. The number of benzene rings is 1. The van der Waals surface area contributed by atoms with Gasteiger partial charge in [-0.05, 0) is 39.1 Å². The Morgan fingerprint density at radius 1 is 1.36 bits per heavy atom. The van der Waals surface area contributed by atoms with Crippen LogP contribution in [0.25, 0.3) is 0 Å². The lowest BCUT2D eigenvalue weighted by atomic mass is 10.2. The molecule has 0 saturated carbocycles. The number of alkyl halides is 3. The average Bonchev–Trinajstić information content (AvgIpc) is 2.86. The fourth-order valence-corrected chi connectivity index (χ4v) is 2.52. The molecule has 0 fully saturated rings. The summed E-state index contributed by atoms with van der Waals surface area (Å²) >= 11 is 0. The molecule has 25 heavy (non-hydrogen) atoms. The fourth-order valence-electron chi connectivity index (χ4n) is 2.52. The molecule has 0 atom stereocenters. The smallest absolute Gasteiger partial charge is 0.325 e. The SMILES string of the molecule is CCn1ncc(CN(C)CC(=O)Nc2cccc(C(F)(F)F)c2)c1C. The van der Waals surface area contributed by atoms with Gasteiger partial charge in [0.05, 0.1) is 18.3 Å². The first kappa shape index (κ1) is 19.0. The number of nitrogens with zero attached hydrogens (tertiary/aromatic N) is 3. The Kier molecular flexibility index (Phi) is 5.84. The van der Waals surface area contributed by atoms with Crippen molar-refractivity contribution in [2.24, 2.45) is 0 Å². The molecule has 5 nitrogen and oxygen atoms in total. The topological polar surface area (TPSA) is 50.2 Å². The van der Waals surface area contributed by atoms with E-state index in [0.717, 1.165) is 29.9 Å². The zero-order valence-electron chi connectivity index (χ0n) is 14.4. The van der Waals surface area contributed by atoms with Crippen LogP contribution in [0.15, 0.2) is 30.5 Å². The number of aryl methyl sites for hydroxylation is 1. The molecule has 1 aromatic carbocycles. The monoisotopic (exact) mass is 354 g/mol. The Hall–Kier alpha value is -2.35. The van der Waals surface area contributed by atoms with E-state index in [4.69, 9.17) is 0 Å². The first-order chi connectivity index (χ1) is 11.7. The Morgan fingerprint density at radius 3 is 2.68 bits per heavy atom. The van der Waals surface area contributed by atoms with Gasteiger partial charge in [0, 0.05) is 30.0 Å². The molecule has 1 heterocycles. The fraction of sp³-hybridized carbons (Fsp3) is 0.412. The van der Waals surface area contributed by atoms with Crippen LogP contribution in [-0.4, -0.2) is 34.2 Å². The third kappa shape index (κ3) is 5.06. The molecule has 0 aliphatic carbocycles. The van der Waals surface area contributed by atoms with E-state index in [2.05, 4.69) is 10.4 Å². The number of carbonyl (C=O) groups is 1. The number of hydrogen-bond donors (Lipinski definition) is 1. The Labute approximate surface area is 144 Å². The summed E-state index contributed by atoms with van der Waals surface area (Å²) in [6.07, 6.45) is -2.67. The van der Waals surface area contributed by atoms with Crippen molar-refractivity contribution in [1.29, 1.82) is 0 Å². The van der Waals surface area contributed by atoms with Crippen LogP contribution in [0.2, 0.25) is 0 Å². The number of nitrogens with one attached hydrogen (secondary N) is 1. The molecule has 8 heteroatoms. The second-order valence-corrected chi connectivity index (χ2v) is 5.87. The van der Waals surface area contributed by atoms with Gasteiger partial charge in [0.2, 0.25) is 5.91 Å². The largest absolute Gasteiger partial charge is 0.416 e. The van der Waals surface area contributed by atoms with Crippen LogP contribution in [0.5, 0.6) is 0 Å². The summed E-state index contributed by atoms with van der Waals surface area (Å²) in [6.45, 7) is 5.32. The summed E-state index contributed by atoms with van der Waals surface area (Å²) in [6, 6.07) is 4.59. The van der Waals surface area contributed by atoms with Crippen molar-refractivity contribution < 1.29 is 18.0 Å². The number of likely N-dealkylation sites (N-methyl/N-ethyl adjacent to an activating group) is 1. The van der Waals surface area contributed by atoms with Crippen LogP contribution in [0, 0.1) is 6.92 Å². The molecule has 0 aliphatic rings.